The number of carbonyl (C=O) groups is 1. The Morgan fingerprint density at radius 2 is 2.14 bits per heavy atom. The lowest BCUT2D eigenvalue weighted by Gasteiger charge is -2.32. The van der Waals surface area contributed by atoms with Crippen LogP contribution in [-0.2, 0) is 9.53 Å². The summed E-state index contributed by atoms with van der Waals surface area (Å²) < 4.78 is 4.51. The van der Waals surface area contributed by atoms with E-state index in [9.17, 15) is 9.90 Å². The maximum atomic E-state index is 10.5. The summed E-state index contributed by atoms with van der Waals surface area (Å²) in [7, 11) is 0. The second-order valence-corrected chi connectivity index (χ2v) is 2.89. The summed E-state index contributed by atoms with van der Waals surface area (Å²) >= 11 is 0. The Hall–Kier alpha value is -1.31. The smallest absolute Gasteiger partial charge is 0.364 e. The summed E-state index contributed by atoms with van der Waals surface area (Å²) in [5.74, 6) is -5.68. The molecule has 2 unspecified atom stereocenters. The van der Waals surface area contributed by atoms with E-state index in [4.69, 9.17) is 20.4 Å². The summed E-state index contributed by atoms with van der Waals surface area (Å²) in [6, 6.07) is 0. The van der Waals surface area contributed by atoms with Gasteiger partial charge in [-0.15, -0.1) is 0 Å². The van der Waals surface area contributed by atoms with Gasteiger partial charge in [-0.1, -0.05) is 0 Å². The Bertz CT molecular complexity index is 284. The number of aliphatic hydroxyl groups is 4. The fourth-order valence-corrected chi connectivity index (χ4v) is 1.09. The first kappa shape index (κ1) is 10.8. The van der Waals surface area contributed by atoms with E-state index in [-0.39, 0.29) is 0 Å². The molecule has 80 valence electrons. The molecule has 0 aromatic heterocycles. The number of carboxylic acids is 1. The van der Waals surface area contributed by atoms with Crippen LogP contribution in [0, 0.1) is 0 Å². The van der Waals surface area contributed by atoms with Crippen LogP contribution in [0.5, 0.6) is 0 Å². The van der Waals surface area contributed by atoms with Crippen LogP contribution in [0.15, 0.2) is 11.5 Å². The second-order valence-electron chi connectivity index (χ2n) is 2.89. The van der Waals surface area contributed by atoms with Gasteiger partial charge in [-0.25, -0.2) is 4.79 Å². The molecule has 0 aliphatic carbocycles. The highest BCUT2D eigenvalue weighted by atomic mass is 16.7. The monoisotopic (exact) mass is 206 g/mol. The number of rotatable bonds is 2. The number of carboxylic acid groups (broad SMARTS) is 1. The zero-order valence-electron chi connectivity index (χ0n) is 7.04. The van der Waals surface area contributed by atoms with Gasteiger partial charge in [-0.2, -0.15) is 0 Å². The Morgan fingerprint density at radius 1 is 1.57 bits per heavy atom. The van der Waals surface area contributed by atoms with Gasteiger partial charge in [-0.3, -0.25) is 0 Å². The number of hydrogen-bond acceptors (Lipinski definition) is 6. The highest BCUT2D eigenvalue weighted by molar-refractivity contribution is 5.76. The molecule has 0 spiro atoms. The molecule has 1 aliphatic heterocycles. The molecule has 14 heavy (non-hydrogen) atoms. The predicted molar refractivity (Wildman–Crippen MR) is 41.4 cm³/mol. The van der Waals surface area contributed by atoms with Crippen molar-refractivity contribution in [2.75, 3.05) is 6.61 Å². The molecule has 0 saturated carbocycles. The zero-order valence-corrected chi connectivity index (χ0v) is 7.04. The van der Waals surface area contributed by atoms with Gasteiger partial charge in [0.15, 0.2) is 5.76 Å². The van der Waals surface area contributed by atoms with Crippen molar-refractivity contribution < 1.29 is 35.1 Å². The molecule has 7 heteroatoms. The molecular formula is C7H10O7. The van der Waals surface area contributed by atoms with E-state index >= 15 is 0 Å². The Labute approximate surface area is 78.5 Å². The highest BCUT2D eigenvalue weighted by Gasteiger charge is 2.46. The average molecular weight is 206 g/mol. The summed E-state index contributed by atoms with van der Waals surface area (Å²) in [5.41, 5.74) is 0. The van der Waals surface area contributed by atoms with Crippen molar-refractivity contribution in [1.29, 1.82) is 0 Å². The molecule has 5 N–H and O–H groups in total. The van der Waals surface area contributed by atoms with Gasteiger partial charge < -0.3 is 30.3 Å². The summed E-state index contributed by atoms with van der Waals surface area (Å²) in [6.45, 7) is -0.745. The minimum atomic E-state index is -2.61. The molecule has 2 atom stereocenters. The molecule has 0 saturated heterocycles. The third-order valence-electron chi connectivity index (χ3n) is 1.84. The first-order valence-corrected chi connectivity index (χ1v) is 3.76. The number of aliphatic hydroxyl groups excluding tert-OH is 3. The fourth-order valence-electron chi connectivity index (χ4n) is 1.09. The van der Waals surface area contributed by atoms with Gasteiger partial charge in [0, 0.05) is 0 Å². The van der Waals surface area contributed by atoms with E-state index in [1.165, 1.54) is 0 Å². The van der Waals surface area contributed by atoms with Crippen molar-refractivity contribution in [3.05, 3.63) is 11.5 Å². The van der Waals surface area contributed by atoms with E-state index < -0.39 is 42.4 Å². The molecule has 0 radical (unpaired) electrons. The predicted octanol–water partition coefficient (Wildman–Crippen LogP) is -1.13. The molecule has 1 aliphatic rings. The Morgan fingerprint density at radius 3 is 2.57 bits per heavy atom. The van der Waals surface area contributed by atoms with E-state index in [2.05, 4.69) is 4.74 Å². The summed E-state index contributed by atoms with van der Waals surface area (Å²) in [4.78, 5) is 10.5. The number of aliphatic carboxylic acids is 1. The molecule has 0 aromatic carbocycles. The largest absolute Gasteiger partial charge is 0.508 e. The van der Waals surface area contributed by atoms with E-state index in [1.54, 1.807) is 0 Å². The normalized spacial score (nSPS) is 33.1. The SMILES string of the molecule is O=C(O)C1(O)CC(O)=C(O)C(CO)O1. The molecular weight excluding hydrogens is 196 g/mol. The first-order chi connectivity index (χ1) is 6.40. The van der Waals surface area contributed by atoms with Crippen molar-refractivity contribution in [1.82, 2.24) is 0 Å². The third kappa shape index (κ3) is 1.65. The lowest BCUT2D eigenvalue weighted by Crippen LogP contribution is -2.49. The number of ether oxygens (including phenoxy) is 1. The van der Waals surface area contributed by atoms with Crippen molar-refractivity contribution >= 4 is 5.97 Å². The number of hydrogen-bond donors (Lipinski definition) is 5. The van der Waals surface area contributed by atoms with Crippen molar-refractivity contribution in [3.8, 4) is 0 Å². The van der Waals surface area contributed by atoms with E-state index in [1.807, 2.05) is 0 Å². The van der Waals surface area contributed by atoms with Gasteiger partial charge in [0.25, 0.3) is 5.79 Å². The maximum absolute atomic E-state index is 10.5. The maximum Gasteiger partial charge on any atom is 0.364 e. The van der Waals surface area contributed by atoms with Gasteiger partial charge in [0.05, 0.1) is 13.0 Å². The van der Waals surface area contributed by atoms with Crippen LogP contribution in [0.3, 0.4) is 0 Å². The molecule has 0 fully saturated rings. The summed E-state index contributed by atoms with van der Waals surface area (Å²) in [5, 5.41) is 44.7. The van der Waals surface area contributed by atoms with Gasteiger partial charge in [0.2, 0.25) is 0 Å². The lowest BCUT2D eigenvalue weighted by molar-refractivity contribution is -0.250. The van der Waals surface area contributed by atoms with Crippen LogP contribution < -0.4 is 0 Å². The average Bonchev–Trinajstić information content (AvgIpc) is 2.11. The summed E-state index contributed by atoms with van der Waals surface area (Å²) in [6.07, 6.45) is -2.19. The van der Waals surface area contributed by atoms with Gasteiger partial charge in [0.1, 0.15) is 11.9 Å². The zero-order chi connectivity index (χ0) is 10.9. The van der Waals surface area contributed by atoms with Gasteiger partial charge in [-0.05, 0) is 0 Å². The topological polar surface area (TPSA) is 127 Å². The van der Waals surface area contributed by atoms with E-state index in [0.717, 1.165) is 0 Å². The minimum Gasteiger partial charge on any atom is -0.508 e. The highest BCUT2D eigenvalue weighted by Crippen LogP contribution is 2.29. The second kappa shape index (κ2) is 3.45. The Kier molecular flexibility index (Phi) is 2.65. The lowest BCUT2D eigenvalue weighted by atomic mass is 10.1. The van der Waals surface area contributed by atoms with Crippen molar-refractivity contribution in [3.63, 3.8) is 0 Å². The van der Waals surface area contributed by atoms with Crippen LogP contribution in [-0.4, -0.2) is 50.0 Å². The fraction of sp³-hybridized carbons (Fsp3) is 0.571. The van der Waals surface area contributed by atoms with Crippen LogP contribution in [0.25, 0.3) is 0 Å². The van der Waals surface area contributed by atoms with Crippen LogP contribution in [0.1, 0.15) is 6.42 Å². The molecule has 1 rings (SSSR count). The molecule has 0 amide bonds. The van der Waals surface area contributed by atoms with Crippen LogP contribution >= 0.6 is 0 Å². The van der Waals surface area contributed by atoms with E-state index in [0.29, 0.717) is 0 Å². The quantitative estimate of drug-likeness (QED) is 0.386. The first-order valence-electron chi connectivity index (χ1n) is 3.76. The minimum absolute atomic E-state index is 0.668. The molecule has 1 heterocycles. The van der Waals surface area contributed by atoms with Gasteiger partial charge >= 0.3 is 5.97 Å². The third-order valence-corrected chi connectivity index (χ3v) is 1.84. The van der Waals surface area contributed by atoms with Crippen molar-refractivity contribution in [2.24, 2.45) is 0 Å². The Balaban J connectivity index is 2.98. The molecule has 7 nitrogen and oxygen atoms in total. The molecule has 0 aromatic rings. The van der Waals surface area contributed by atoms with Crippen LogP contribution in [0.2, 0.25) is 0 Å². The van der Waals surface area contributed by atoms with Crippen molar-refractivity contribution in [2.45, 2.75) is 18.3 Å². The van der Waals surface area contributed by atoms with Crippen LogP contribution in [0.4, 0.5) is 0 Å². The standard InChI is InChI=1S/C7H10O7/c8-2-4-5(10)3(9)1-7(13,14-4)6(11)12/h4,8-10,13H,1-2H2,(H,11,12). The molecule has 0 bridgehead atoms.